The van der Waals surface area contributed by atoms with Crippen LogP contribution in [0.3, 0.4) is 0 Å². The number of amidine groups is 1. The van der Waals surface area contributed by atoms with Crippen LogP contribution in [0.15, 0.2) is 6.20 Å². The largest absolute Gasteiger partial charge is 0.443 e. The molecule has 1 rings (SSSR count). The molecule has 0 unspecified atom stereocenters. The molecule has 12 heavy (non-hydrogen) atoms. The molecule has 0 amide bonds. The van der Waals surface area contributed by atoms with Crippen LogP contribution in [0.25, 0.3) is 0 Å². The topological polar surface area (TPSA) is 62.8 Å². The molecule has 0 radical (unpaired) electrons. The lowest BCUT2D eigenvalue weighted by atomic mass is 10.5. The van der Waals surface area contributed by atoms with Crippen molar-refractivity contribution in [1.82, 2.24) is 4.98 Å². The second kappa shape index (κ2) is 2.74. The number of alkyl halides is 3. The number of thiazole rings is 1. The Bertz CT molecular complexity index is 303. The van der Waals surface area contributed by atoms with E-state index in [-0.39, 0.29) is 4.88 Å². The predicted molar refractivity (Wildman–Crippen MR) is 38.1 cm³/mol. The molecule has 3 nitrogen and oxygen atoms in total. The second-order valence-electron chi connectivity index (χ2n) is 1.94. The van der Waals surface area contributed by atoms with Gasteiger partial charge in [0.2, 0.25) is 0 Å². The molecule has 1 heterocycles. The van der Waals surface area contributed by atoms with Gasteiger partial charge in [0.25, 0.3) is 0 Å². The first-order chi connectivity index (χ1) is 5.41. The molecule has 0 atom stereocenters. The Morgan fingerprint density at radius 2 is 2.17 bits per heavy atom. The molecule has 0 aliphatic rings. The van der Waals surface area contributed by atoms with Crippen LogP contribution in [0.4, 0.5) is 13.2 Å². The van der Waals surface area contributed by atoms with Crippen molar-refractivity contribution in [3.05, 3.63) is 16.1 Å². The molecule has 0 aliphatic heterocycles. The summed E-state index contributed by atoms with van der Waals surface area (Å²) in [5.41, 5.74) is 4.96. The van der Waals surface area contributed by atoms with Crippen LogP contribution >= 0.6 is 11.3 Å². The first kappa shape index (κ1) is 8.98. The lowest BCUT2D eigenvalue weighted by molar-refractivity contribution is -0.137. The predicted octanol–water partition coefficient (Wildman–Crippen LogP) is 1.45. The number of hydrogen-bond acceptors (Lipinski definition) is 3. The normalized spacial score (nSPS) is 11.6. The van der Waals surface area contributed by atoms with Gasteiger partial charge in [0.05, 0.1) is 4.88 Å². The lowest BCUT2D eigenvalue weighted by Crippen LogP contribution is -2.08. The van der Waals surface area contributed by atoms with Crippen LogP contribution < -0.4 is 5.73 Å². The average Bonchev–Trinajstić information content (AvgIpc) is 2.30. The zero-order valence-corrected chi connectivity index (χ0v) is 6.46. The van der Waals surface area contributed by atoms with Gasteiger partial charge in [0.1, 0.15) is 5.84 Å². The lowest BCUT2D eigenvalue weighted by Gasteiger charge is -1.98. The van der Waals surface area contributed by atoms with E-state index in [9.17, 15) is 13.2 Å². The third kappa shape index (κ3) is 1.73. The Morgan fingerprint density at radius 3 is 2.42 bits per heavy atom. The van der Waals surface area contributed by atoms with Gasteiger partial charge in [0.15, 0.2) is 5.01 Å². The van der Waals surface area contributed by atoms with Gasteiger partial charge < -0.3 is 5.73 Å². The van der Waals surface area contributed by atoms with Gasteiger partial charge in [-0.3, -0.25) is 5.41 Å². The number of nitrogens with zero attached hydrogens (tertiary/aromatic N) is 1. The summed E-state index contributed by atoms with van der Waals surface area (Å²) in [6, 6.07) is 0. The van der Waals surface area contributed by atoms with Crippen molar-refractivity contribution in [2.45, 2.75) is 6.18 Å². The highest BCUT2D eigenvalue weighted by molar-refractivity contribution is 7.13. The third-order valence-electron chi connectivity index (χ3n) is 1.01. The van der Waals surface area contributed by atoms with E-state index >= 15 is 0 Å². The summed E-state index contributed by atoms with van der Waals surface area (Å²) < 4.78 is 35.7. The fourth-order valence-electron chi connectivity index (χ4n) is 0.530. The van der Waals surface area contributed by atoms with Crippen molar-refractivity contribution in [2.24, 2.45) is 5.73 Å². The molecular weight excluding hydrogens is 191 g/mol. The minimum atomic E-state index is -4.45. The van der Waals surface area contributed by atoms with Crippen LogP contribution in [-0.4, -0.2) is 10.8 Å². The Hall–Kier alpha value is -1.11. The van der Waals surface area contributed by atoms with E-state index in [1.165, 1.54) is 0 Å². The molecule has 3 N–H and O–H groups in total. The fraction of sp³-hybridized carbons (Fsp3) is 0.200. The number of aromatic nitrogens is 1. The fourth-order valence-corrected chi connectivity index (χ4v) is 1.17. The molecule has 1 aromatic heterocycles. The standard InChI is InChI=1S/C5H4F3N3S/c6-5(7,8)4-11-1-2(12-4)3(9)10/h1H,(H3,9,10). The SMILES string of the molecule is N=C(N)c1cnc(C(F)(F)F)s1. The average molecular weight is 195 g/mol. The Balaban J connectivity index is 3.00. The number of halogens is 3. The van der Waals surface area contributed by atoms with Gasteiger partial charge >= 0.3 is 6.18 Å². The number of nitrogens with two attached hydrogens (primary N) is 1. The van der Waals surface area contributed by atoms with Crippen molar-refractivity contribution >= 4 is 17.2 Å². The van der Waals surface area contributed by atoms with Crippen LogP contribution in [0.1, 0.15) is 9.88 Å². The zero-order chi connectivity index (χ0) is 9.35. The number of nitrogen functional groups attached to an aromatic ring is 1. The highest BCUT2D eigenvalue weighted by atomic mass is 32.1. The molecule has 0 aliphatic carbocycles. The number of rotatable bonds is 1. The molecule has 0 saturated carbocycles. The highest BCUT2D eigenvalue weighted by Crippen LogP contribution is 2.32. The molecule has 66 valence electrons. The Labute approximate surface area is 69.5 Å². The maximum atomic E-state index is 11.9. The van der Waals surface area contributed by atoms with Gasteiger partial charge in [-0.2, -0.15) is 13.2 Å². The van der Waals surface area contributed by atoms with Crippen molar-refractivity contribution in [2.75, 3.05) is 0 Å². The van der Waals surface area contributed by atoms with E-state index in [0.717, 1.165) is 6.20 Å². The second-order valence-corrected chi connectivity index (χ2v) is 2.97. The van der Waals surface area contributed by atoms with Crippen LogP contribution in [0, 0.1) is 5.41 Å². The monoisotopic (exact) mass is 195 g/mol. The van der Waals surface area contributed by atoms with Gasteiger partial charge in [-0.1, -0.05) is 0 Å². The summed E-state index contributed by atoms with van der Waals surface area (Å²) in [4.78, 5) is 3.11. The Kier molecular flexibility index (Phi) is 2.05. The molecule has 0 aromatic carbocycles. The molecule has 0 spiro atoms. The molecular formula is C5H4F3N3S. The maximum absolute atomic E-state index is 11.9. The molecule has 0 bridgehead atoms. The van der Waals surface area contributed by atoms with Crippen molar-refractivity contribution in [1.29, 1.82) is 5.41 Å². The van der Waals surface area contributed by atoms with Crippen molar-refractivity contribution in [3.63, 3.8) is 0 Å². The van der Waals surface area contributed by atoms with Gasteiger partial charge in [0, 0.05) is 6.20 Å². The van der Waals surface area contributed by atoms with Gasteiger partial charge in [-0.25, -0.2) is 4.98 Å². The zero-order valence-electron chi connectivity index (χ0n) is 5.64. The third-order valence-corrected chi connectivity index (χ3v) is 2.09. The van der Waals surface area contributed by atoms with E-state index in [0.29, 0.717) is 11.3 Å². The van der Waals surface area contributed by atoms with E-state index in [1.807, 2.05) is 0 Å². The van der Waals surface area contributed by atoms with Crippen LogP contribution in [0.5, 0.6) is 0 Å². The first-order valence-corrected chi connectivity index (χ1v) is 3.60. The van der Waals surface area contributed by atoms with Crippen LogP contribution in [-0.2, 0) is 6.18 Å². The summed E-state index contributed by atoms with van der Waals surface area (Å²) in [7, 11) is 0. The Morgan fingerprint density at radius 1 is 1.58 bits per heavy atom. The minimum Gasteiger partial charge on any atom is -0.383 e. The van der Waals surface area contributed by atoms with Crippen molar-refractivity contribution in [3.8, 4) is 0 Å². The number of hydrogen-bond donors (Lipinski definition) is 2. The minimum absolute atomic E-state index is 0.0299. The van der Waals surface area contributed by atoms with E-state index < -0.39 is 17.0 Å². The first-order valence-electron chi connectivity index (χ1n) is 2.78. The van der Waals surface area contributed by atoms with E-state index in [1.54, 1.807) is 0 Å². The molecule has 1 aromatic rings. The van der Waals surface area contributed by atoms with Crippen LogP contribution in [0.2, 0.25) is 0 Å². The number of nitrogens with one attached hydrogen (secondary N) is 1. The smallest absolute Gasteiger partial charge is 0.383 e. The van der Waals surface area contributed by atoms with E-state index in [2.05, 4.69) is 4.98 Å². The van der Waals surface area contributed by atoms with E-state index in [4.69, 9.17) is 11.1 Å². The summed E-state index contributed by atoms with van der Waals surface area (Å²) in [6.45, 7) is 0. The molecule has 0 fully saturated rings. The highest BCUT2D eigenvalue weighted by Gasteiger charge is 2.34. The molecule has 7 heteroatoms. The van der Waals surface area contributed by atoms with Crippen molar-refractivity contribution < 1.29 is 13.2 Å². The van der Waals surface area contributed by atoms with Gasteiger partial charge in [-0.15, -0.1) is 11.3 Å². The summed E-state index contributed by atoms with van der Waals surface area (Å²) >= 11 is 0.362. The molecule has 0 saturated heterocycles. The summed E-state index contributed by atoms with van der Waals surface area (Å²) in [6.07, 6.45) is -3.51. The summed E-state index contributed by atoms with van der Waals surface area (Å²) in [5.74, 6) is -0.400. The maximum Gasteiger partial charge on any atom is 0.443 e. The summed E-state index contributed by atoms with van der Waals surface area (Å²) in [5, 5.41) is 5.86. The quantitative estimate of drug-likeness (QED) is 0.526. The van der Waals surface area contributed by atoms with Gasteiger partial charge in [-0.05, 0) is 0 Å².